The molecular formula is C18H26O8. The van der Waals surface area contributed by atoms with Crippen molar-refractivity contribution in [1.82, 2.24) is 0 Å². The van der Waals surface area contributed by atoms with Crippen molar-refractivity contribution in [2.75, 3.05) is 14.2 Å². The number of hydrogen-bond acceptors (Lipinski definition) is 6. The molecule has 0 saturated heterocycles. The zero-order valence-corrected chi connectivity index (χ0v) is 15.1. The fraction of sp³-hybridized carbons (Fsp3) is 0.778. The highest BCUT2D eigenvalue weighted by atomic mass is 16.5. The predicted molar refractivity (Wildman–Crippen MR) is 87.9 cm³/mol. The zero-order chi connectivity index (χ0) is 19.4. The van der Waals surface area contributed by atoms with E-state index in [1.807, 2.05) is 0 Å². The third-order valence-corrected chi connectivity index (χ3v) is 6.09. The lowest BCUT2D eigenvalue weighted by Gasteiger charge is -2.41. The Hall–Kier alpha value is -2.12. The van der Waals surface area contributed by atoms with Crippen LogP contribution < -0.4 is 0 Å². The van der Waals surface area contributed by atoms with Crippen molar-refractivity contribution in [2.45, 2.75) is 38.5 Å². The zero-order valence-electron chi connectivity index (χ0n) is 15.1. The third-order valence-electron chi connectivity index (χ3n) is 6.09. The first kappa shape index (κ1) is 20.2. The number of methoxy groups -OCH3 is 2. The summed E-state index contributed by atoms with van der Waals surface area (Å²) in [6.45, 7) is 0. The fourth-order valence-corrected chi connectivity index (χ4v) is 4.68. The smallest absolute Gasteiger partial charge is 0.309 e. The second kappa shape index (κ2) is 8.51. The minimum Gasteiger partial charge on any atom is -0.481 e. The number of carbonyl (C=O) groups is 4. The first-order valence-corrected chi connectivity index (χ1v) is 8.91. The lowest BCUT2D eigenvalue weighted by molar-refractivity contribution is -0.161. The van der Waals surface area contributed by atoms with Crippen LogP contribution >= 0.6 is 0 Å². The maximum Gasteiger partial charge on any atom is 0.309 e. The van der Waals surface area contributed by atoms with Gasteiger partial charge in [0, 0.05) is 0 Å². The molecule has 146 valence electrons. The van der Waals surface area contributed by atoms with Gasteiger partial charge in [-0.2, -0.15) is 0 Å². The van der Waals surface area contributed by atoms with Crippen LogP contribution in [-0.4, -0.2) is 48.3 Å². The molecule has 2 aliphatic carbocycles. The van der Waals surface area contributed by atoms with Gasteiger partial charge in [0.2, 0.25) is 0 Å². The number of carbonyl (C=O) groups excluding carboxylic acids is 2. The van der Waals surface area contributed by atoms with Crippen molar-refractivity contribution in [3.8, 4) is 0 Å². The summed E-state index contributed by atoms with van der Waals surface area (Å²) in [6, 6.07) is 0. The molecular weight excluding hydrogens is 344 g/mol. The number of hydrogen-bond donors (Lipinski definition) is 2. The van der Waals surface area contributed by atoms with E-state index in [9.17, 15) is 29.4 Å². The van der Waals surface area contributed by atoms with Crippen molar-refractivity contribution < 1.29 is 38.9 Å². The Morgan fingerprint density at radius 3 is 1.27 bits per heavy atom. The van der Waals surface area contributed by atoms with Gasteiger partial charge in [-0.25, -0.2) is 0 Å². The molecule has 0 heterocycles. The van der Waals surface area contributed by atoms with Crippen LogP contribution in [0.4, 0.5) is 0 Å². The van der Waals surface area contributed by atoms with Gasteiger partial charge in [-0.3, -0.25) is 19.2 Å². The summed E-state index contributed by atoms with van der Waals surface area (Å²) in [7, 11) is 2.49. The Morgan fingerprint density at radius 2 is 1.00 bits per heavy atom. The molecule has 0 spiro atoms. The first-order valence-electron chi connectivity index (χ1n) is 8.91. The molecule has 2 saturated carbocycles. The molecule has 8 nitrogen and oxygen atoms in total. The number of esters is 2. The summed E-state index contributed by atoms with van der Waals surface area (Å²) in [5.74, 6) is -5.84. The number of rotatable bonds is 5. The van der Waals surface area contributed by atoms with Crippen molar-refractivity contribution >= 4 is 23.9 Å². The monoisotopic (exact) mass is 370 g/mol. The number of aliphatic carboxylic acids is 2. The Labute approximate surface area is 151 Å². The quantitative estimate of drug-likeness (QED) is 0.698. The number of ether oxygens (including phenoxy) is 2. The molecule has 2 N–H and O–H groups in total. The second-order valence-corrected chi connectivity index (χ2v) is 7.30. The van der Waals surface area contributed by atoms with Crippen LogP contribution in [0, 0.1) is 35.5 Å². The molecule has 0 aromatic rings. The lowest BCUT2D eigenvalue weighted by atomic mass is 9.63. The lowest BCUT2D eigenvalue weighted by Crippen LogP contribution is -2.42. The van der Waals surface area contributed by atoms with Crippen LogP contribution in [0.2, 0.25) is 0 Å². The van der Waals surface area contributed by atoms with Crippen LogP contribution in [0.15, 0.2) is 0 Å². The highest BCUT2D eigenvalue weighted by Gasteiger charge is 2.46. The van der Waals surface area contributed by atoms with Gasteiger partial charge >= 0.3 is 23.9 Å². The molecule has 0 amide bonds. The van der Waals surface area contributed by atoms with Crippen LogP contribution in [0.3, 0.4) is 0 Å². The van der Waals surface area contributed by atoms with Crippen molar-refractivity contribution in [1.29, 1.82) is 0 Å². The highest BCUT2D eigenvalue weighted by molar-refractivity contribution is 5.82. The predicted octanol–water partition coefficient (Wildman–Crippen LogP) is 1.57. The van der Waals surface area contributed by atoms with Gasteiger partial charge in [-0.1, -0.05) is 0 Å². The average Bonchev–Trinajstić information content (AvgIpc) is 2.65. The molecule has 2 rings (SSSR count). The molecule has 0 aromatic heterocycles. The molecule has 6 atom stereocenters. The summed E-state index contributed by atoms with van der Waals surface area (Å²) in [5.41, 5.74) is 0. The first-order chi connectivity index (χ1) is 12.3. The molecule has 0 radical (unpaired) electrons. The van der Waals surface area contributed by atoms with Gasteiger partial charge in [0.05, 0.1) is 37.9 Å². The molecule has 2 fully saturated rings. The van der Waals surface area contributed by atoms with E-state index in [1.165, 1.54) is 14.2 Å². The van der Waals surface area contributed by atoms with E-state index < -0.39 is 47.5 Å². The molecule has 0 aromatic carbocycles. The molecule has 0 bridgehead atoms. The van der Waals surface area contributed by atoms with E-state index in [2.05, 4.69) is 0 Å². The van der Waals surface area contributed by atoms with Crippen molar-refractivity contribution in [3.63, 3.8) is 0 Å². The summed E-state index contributed by atoms with van der Waals surface area (Å²) in [6.07, 6.45) is 2.81. The van der Waals surface area contributed by atoms with Crippen molar-refractivity contribution in [2.24, 2.45) is 35.5 Å². The van der Waals surface area contributed by atoms with E-state index in [-0.39, 0.29) is 11.8 Å². The van der Waals surface area contributed by atoms with E-state index >= 15 is 0 Å². The van der Waals surface area contributed by atoms with E-state index in [0.29, 0.717) is 38.5 Å². The standard InChI is InChI=1S/C18H26O8/c1-25-17(23)13-7-9(3-5-11(13)15(19)20)10-4-6-12(16(21)22)14(8-10)18(24)26-2/h9-14H,3-8H2,1-2H3,(H,19,20)(H,21,22). The number of carboxylic acid groups (broad SMARTS) is 2. The Morgan fingerprint density at radius 1 is 0.654 bits per heavy atom. The summed E-state index contributed by atoms with van der Waals surface area (Å²) >= 11 is 0. The largest absolute Gasteiger partial charge is 0.481 e. The molecule has 2 aliphatic rings. The van der Waals surface area contributed by atoms with Gasteiger partial charge in [0.25, 0.3) is 0 Å². The minimum atomic E-state index is -0.999. The maximum absolute atomic E-state index is 12.0. The molecule has 8 heteroatoms. The van der Waals surface area contributed by atoms with Gasteiger partial charge in [-0.05, 0) is 50.4 Å². The van der Waals surface area contributed by atoms with E-state index in [1.54, 1.807) is 0 Å². The molecule has 6 unspecified atom stereocenters. The van der Waals surface area contributed by atoms with Crippen LogP contribution in [-0.2, 0) is 28.7 Å². The van der Waals surface area contributed by atoms with Gasteiger partial charge in [0.1, 0.15) is 0 Å². The minimum absolute atomic E-state index is 0.0663. The third kappa shape index (κ3) is 4.16. The number of carboxylic acids is 2. The summed E-state index contributed by atoms with van der Waals surface area (Å²) in [5, 5.41) is 18.7. The fourth-order valence-electron chi connectivity index (χ4n) is 4.68. The summed E-state index contributed by atoms with van der Waals surface area (Å²) < 4.78 is 9.55. The summed E-state index contributed by atoms with van der Waals surface area (Å²) in [4.78, 5) is 46.9. The Balaban J connectivity index is 2.13. The van der Waals surface area contributed by atoms with Crippen LogP contribution in [0.1, 0.15) is 38.5 Å². The SMILES string of the molecule is COC(=O)C1CC(C2CCC(C(=O)O)C(C(=O)OC)C2)CCC1C(=O)O. The van der Waals surface area contributed by atoms with Crippen LogP contribution in [0.5, 0.6) is 0 Å². The van der Waals surface area contributed by atoms with Crippen molar-refractivity contribution in [3.05, 3.63) is 0 Å². The van der Waals surface area contributed by atoms with Crippen LogP contribution in [0.25, 0.3) is 0 Å². The van der Waals surface area contributed by atoms with Gasteiger partial charge in [0.15, 0.2) is 0 Å². The van der Waals surface area contributed by atoms with Gasteiger partial charge in [-0.15, -0.1) is 0 Å². The van der Waals surface area contributed by atoms with Gasteiger partial charge < -0.3 is 19.7 Å². The maximum atomic E-state index is 12.0. The van der Waals surface area contributed by atoms with E-state index in [4.69, 9.17) is 9.47 Å². The topological polar surface area (TPSA) is 127 Å². The Kier molecular flexibility index (Phi) is 6.61. The van der Waals surface area contributed by atoms with E-state index in [0.717, 1.165) is 0 Å². The average molecular weight is 370 g/mol. The molecule has 26 heavy (non-hydrogen) atoms. The molecule has 0 aliphatic heterocycles. The second-order valence-electron chi connectivity index (χ2n) is 7.30. The Bertz CT molecular complexity index is 522. The normalized spacial score (nSPS) is 34.5. The highest BCUT2D eigenvalue weighted by Crippen LogP contribution is 2.46.